The van der Waals surface area contributed by atoms with Crippen molar-refractivity contribution in [3.63, 3.8) is 0 Å². The molecule has 0 unspecified atom stereocenters. The summed E-state index contributed by atoms with van der Waals surface area (Å²) >= 11 is 0. The van der Waals surface area contributed by atoms with Crippen LogP contribution in [0, 0.1) is 0 Å². The summed E-state index contributed by atoms with van der Waals surface area (Å²) in [6, 6.07) is 8.87. The highest BCUT2D eigenvalue weighted by atomic mass is 16.5. The van der Waals surface area contributed by atoms with Crippen molar-refractivity contribution in [2.75, 3.05) is 6.61 Å². The summed E-state index contributed by atoms with van der Waals surface area (Å²) in [5, 5.41) is 9.29. The van der Waals surface area contributed by atoms with E-state index in [1.165, 1.54) is 0 Å². The lowest BCUT2D eigenvalue weighted by molar-refractivity contribution is 0.0549. The first-order valence-corrected chi connectivity index (χ1v) is 5.79. The third kappa shape index (κ3) is 5.31. The molecule has 0 heterocycles. The molecule has 1 N–H and O–H groups in total. The zero-order valence-corrected chi connectivity index (χ0v) is 10.0. The largest absolute Gasteiger partial charge is 0.458 e. The fourth-order valence-electron chi connectivity index (χ4n) is 1.27. The third-order valence-electron chi connectivity index (χ3n) is 2.37. The van der Waals surface area contributed by atoms with Crippen molar-refractivity contribution < 1.29 is 14.6 Å². The van der Waals surface area contributed by atoms with E-state index in [4.69, 9.17) is 4.74 Å². The van der Waals surface area contributed by atoms with Crippen LogP contribution in [-0.4, -0.2) is 23.8 Å². The number of carbonyl (C=O) groups is 1. The molecule has 0 spiro atoms. The van der Waals surface area contributed by atoms with Gasteiger partial charge in [0.1, 0.15) is 6.61 Å². The van der Waals surface area contributed by atoms with Crippen LogP contribution >= 0.6 is 0 Å². The number of hydrogen-bond donors (Lipinski definition) is 1. The highest BCUT2D eigenvalue weighted by Gasteiger charge is 2.03. The Hall–Kier alpha value is -1.61. The standard InChI is InChI=1S/C14H18O3/c1-2-13(15)10-6-7-11-17-14(16)12-8-4-3-5-9-12/h3-9,13,15H,2,10-11H2,1H3/b7-6+/t13-/m1/s1. The average molecular weight is 234 g/mol. The van der Waals surface area contributed by atoms with Crippen molar-refractivity contribution in [3.05, 3.63) is 48.0 Å². The van der Waals surface area contributed by atoms with Gasteiger partial charge in [0, 0.05) is 0 Å². The fourth-order valence-corrected chi connectivity index (χ4v) is 1.27. The predicted molar refractivity (Wildman–Crippen MR) is 66.8 cm³/mol. The molecule has 0 bridgehead atoms. The Labute approximate surface area is 102 Å². The van der Waals surface area contributed by atoms with E-state index >= 15 is 0 Å². The highest BCUT2D eigenvalue weighted by molar-refractivity contribution is 5.89. The lowest BCUT2D eigenvalue weighted by Gasteiger charge is -2.03. The molecule has 0 aliphatic carbocycles. The van der Waals surface area contributed by atoms with Crippen molar-refractivity contribution in [3.8, 4) is 0 Å². The van der Waals surface area contributed by atoms with Crippen molar-refractivity contribution in [1.29, 1.82) is 0 Å². The van der Waals surface area contributed by atoms with Gasteiger partial charge in [-0.15, -0.1) is 0 Å². The lowest BCUT2D eigenvalue weighted by Crippen LogP contribution is -2.05. The molecule has 3 nitrogen and oxygen atoms in total. The molecule has 17 heavy (non-hydrogen) atoms. The minimum atomic E-state index is -0.328. The Morgan fingerprint density at radius 1 is 1.35 bits per heavy atom. The molecule has 0 saturated carbocycles. The molecule has 0 fully saturated rings. The van der Waals surface area contributed by atoms with Gasteiger partial charge in [0.15, 0.2) is 0 Å². The van der Waals surface area contributed by atoms with Gasteiger partial charge in [-0.1, -0.05) is 37.3 Å². The molecule has 1 atom stereocenters. The Kier molecular flexibility index (Phi) is 6.04. The van der Waals surface area contributed by atoms with Gasteiger partial charge < -0.3 is 9.84 Å². The topological polar surface area (TPSA) is 46.5 Å². The smallest absolute Gasteiger partial charge is 0.338 e. The normalized spacial score (nSPS) is 12.6. The lowest BCUT2D eigenvalue weighted by atomic mass is 10.2. The van der Waals surface area contributed by atoms with Crippen LogP contribution in [0.3, 0.4) is 0 Å². The SMILES string of the molecule is CC[C@@H](O)C/C=C/COC(=O)c1ccccc1. The van der Waals surface area contributed by atoms with Gasteiger partial charge in [-0.3, -0.25) is 0 Å². The van der Waals surface area contributed by atoms with Gasteiger partial charge in [0.2, 0.25) is 0 Å². The molecule has 1 rings (SSSR count). The summed E-state index contributed by atoms with van der Waals surface area (Å²) in [6.07, 6.45) is 4.59. The third-order valence-corrected chi connectivity index (χ3v) is 2.37. The fraction of sp³-hybridized carbons (Fsp3) is 0.357. The summed E-state index contributed by atoms with van der Waals surface area (Å²) in [7, 11) is 0. The first-order chi connectivity index (χ1) is 8.24. The van der Waals surface area contributed by atoms with Crippen LogP contribution in [0.1, 0.15) is 30.1 Å². The number of aliphatic hydroxyl groups is 1. The van der Waals surface area contributed by atoms with Crippen LogP contribution in [-0.2, 0) is 4.74 Å². The summed E-state index contributed by atoms with van der Waals surface area (Å²) in [5.41, 5.74) is 0.550. The minimum Gasteiger partial charge on any atom is -0.458 e. The molecule has 3 heteroatoms. The van der Waals surface area contributed by atoms with Crippen molar-refractivity contribution in [2.24, 2.45) is 0 Å². The highest BCUT2D eigenvalue weighted by Crippen LogP contribution is 2.01. The van der Waals surface area contributed by atoms with E-state index in [2.05, 4.69) is 0 Å². The number of esters is 1. The summed E-state index contributed by atoms with van der Waals surface area (Å²) < 4.78 is 5.04. The van der Waals surface area contributed by atoms with Gasteiger partial charge in [-0.2, -0.15) is 0 Å². The van der Waals surface area contributed by atoms with Crippen LogP contribution in [0.5, 0.6) is 0 Å². The number of hydrogen-bond acceptors (Lipinski definition) is 3. The van der Waals surface area contributed by atoms with Gasteiger partial charge in [-0.25, -0.2) is 4.79 Å². The molecule has 0 aliphatic heterocycles. The maximum atomic E-state index is 11.5. The van der Waals surface area contributed by atoms with Gasteiger partial charge >= 0.3 is 5.97 Å². The number of benzene rings is 1. The molecule has 0 radical (unpaired) electrons. The number of carbonyl (C=O) groups excluding carboxylic acids is 1. The predicted octanol–water partition coefficient (Wildman–Crippen LogP) is 2.56. The second kappa shape index (κ2) is 7.63. The average Bonchev–Trinajstić information content (AvgIpc) is 2.38. The van der Waals surface area contributed by atoms with Gasteiger partial charge in [-0.05, 0) is 25.0 Å². The van der Waals surface area contributed by atoms with Crippen molar-refractivity contribution in [2.45, 2.75) is 25.9 Å². The molecule has 0 amide bonds. The van der Waals surface area contributed by atoms with Crippen molar-refractivity contribution in [1.82, 2.24) is 0 Å². The van der Waals surface area contributed by atoms with Crippen molar-refractivity contribution >= 4 is 5.97 Å². The monoisotopic (exact) mass is 234 g/mol. The van der Waals surface area contributed by atoms with E-state index in [-0.39, 0.29) is 18.7 Å². The molecule has 0 aromatic heterocycles. The Morgan fingerprint density at radius 3 is 2.71 bits per heavy atom. The summed E-state index contributed by atoms with van der Waals surface area (Å²) in [5.74, 6) is -0.328. The quantitative estimate of drug-likeness (QED) is 0.608. The van der Waals surface area contributed by atoms with Crippen LogP contribution in [0.4, 0.5) is 0 Å². The number of aliphatic hydroxyl groups excluding tert-OH is 1. The molecule has 0 saturated heterocycles. The molecule has 1 aromatic rings. The maximum absolute atomic E-state index is 11.5. The summed E-state index contributed by atoms with van der Waals surface area (Å²) in [6.45, 7) is 2.16. The minimum absolute atomic E-state index is 0.240. The second-order valence-electron chi connectivity index (χ2n) is 3.73. The molecule has 0 aliphatic rings. The first kappa shape index (κ1) is 13.5. The van der Waals surface area contributed by atoms with Crippen LogP contribution in [0.2, 0.25) is 0 Å². The van der Waals surface area contributed by atoms with Crippen LogP contribution < -0.4 is 0 Å². The first-order valence-electron chi connectivity index (χ1n) is 5.79. The molecular weight excluding hydrogens is 216 g/mol. The zero-order chi connectivity index (χ0) is 12.5. The maximum Gasteiger partial charge on any atom is 0.338 e. The molecule has 92 valence electrons. The van der Waals surface area contributed by atoms with E-state index in [1.54, 1.807) is 30.3 Å². The zero-order valence-electron chi connectivity index (χ0n) is 10.0. The molecular formula is C14H18O3. The Morgan fingerprint density at radius 2 is 2.06 bits per heavy atom. The van der Waals surface area contributed by atoms with E-state index in [1.807, 2.05) is 19.1 Å². The van der Waals surface area contributed by atoms with Gasteiger partial charge in [0.25, 0.3) is 0 Å². The Balaban J connectivity index is 2.25. The van der Waals surface area contributed by atoms with E-state index in [0.717, 1.165) is 6.42 Å². The Bertz CT molecular complexity index is 357. The summed E-state index contributed by atoms with van der Waals surface area (Å²) in [4.78, 5) is 11.5. The van der Waals surface area contributed by atoms with E-state index in [9.17, 15) is 9.90 Å². The van der Waals surface area contributed by atoms with Crippen LogP contribution in [0.15, 0.2) is 42.5 Å². The molecule has 1 aromatic carbocycles. The van der Waals surface area contributed by atoms with Gasteiger partial charge in [0.05, 0.1) is 11.7 Å². The van der Waals surface area contributed by atoms with E-state index < -0.39 is 0 Å². The van der Waals surface area contributed by atoms with Crippen LogP contribution in [0.25, 0.3) is 0 Å². The van der Waals surface area contributed by atoms with E-state index in [0.29, 0.717) is 12.0 Å². The number of rotatable bonds is 6. The second-order valence-corrected chi connectivity index (χ2v) is 3.73. The number of ether oxygens (including phenoxy) is 1.